The molecule has 0 aromatic rings. The van der Waals surface area contributed by atoms with Crippen molar-refractivity contribution in [1.82, 2.24) is 15.5 Å². The fourth-order valence-electron chi connectivity index (χ4n) is 4.17. The SMILES string of the molecule is [2H]C([2H])([2H])C(C(=O)N1CC2(CC2)C[C@H]1C(=O)N[C@@H](C[C@@H]1CCNC1=O)C(=O)COC(F)(F)F)C([2H])([2H])[2H]. The van der Waals surface area contributed by atoms with Gasteiger partial charge in [-0.05, 0) is 37.5 Å². The van der Waals surface area contributed by atoms with Crippen LogP contribution in [0.5, 0.6) is 0 Å². The third kappa shape index (κ3) is 5.75. The average Bonchev–Trinajstić information content (AvgIpc) is 3.18. The van der Waals surface area contributed by atoms with E-state index in [0.717, 1.165) is 4.90 Å². The number of ether oxygens (including phenoxy) is 1. The van der Waals surface area contributed by atoms with Gasteiger partial charge in [-0.1, -0.05) is 13.7 Å². The lowest BCUT2D eigenvalue weighted by atomic mass is 9.95. The predicted octanol–water partition coefficient (Wildman–Crippen LogP) is 1.14. The molecule has 2 aliphatic heterocycles. The van der Waals surface area contributed by atoms with Crippen molar-refractivity contribution in [2.75, 3.05) is 19.7 Å². The number of halogens is 3. The van der Waals surface area contributed by atoms with Gasteiger partial charge in [-0.2, -0.15) is 0 Å². The molecular weight excluding hydrogens is 419 g/mol. The number of carbonyl (C=O) groups is 4. The molecule has 3 amide bonds. The lowest BCUT2D eigenvalue weighted by molar-refractivity contribution is -0.321. The van der Waals surface area contributed by atoms with Gasteiger partial charge in [0.25, 0.3) is 0 Å². The van der Waals surface area contributed by atoms with Crippen molar-refractivity contribution < 1.29 is 45.3 Å². The fraction of sp³-hybridized carbons (Fsp3) is 0.800. The minimum absolute atomic E-state index is 0.0621. The van der Waals surface area contributed by atoms with Crippen LogP contribution in [0.3, 0.4) is 0 Å². The lowest BCUT2D eigenvalue weighted by Crippen LogP contribution is -2.52. The highest BCUT2D eigenvalue weighted by molar-refractivity contribution is 5.94. The van der Waals surface area contributed by atoms with Crippen molar-refractivity contribution in [3.05, 3.63) is 0 Å². The van der Waals surface area contributed by atoms with Crippen molar-refractivity contribution in [3.8, 4) is 0 Å². The van der Waals surface area contributed by atoms with Crippen molar-refractivity contribution >= 4 is 23.5 Å². The highest BCUT2D eigenvalue weighted by atomic mass is 19.4. The second-order valence-electron chi connectivity index (χ2n) is 8.39. The molecule has 31 heavy (non-hydrogen) atoms. The topological polar surface area (TPSA) is 105 Å². The summed E-state index contributed by atoms with van der Waals surface area (Å²) in [4.78, 5) is 51.9. The molecule has 3 rings (SSSR count). The van der Waals surface area contributed by atoms with E-state index in [0.29, 0.717) is 12.8 Å². The van der Waals surface area contributed by atoms with Crippen LogP contribution in [-0.2, 0) is 23.9 Å². The van der Waals surface area contributed by atoms with Crippen LogP contribution in [0, 0.1) is 17.3 Å². The Morgan fingerprint density at radius 3 is 2.61 bits per heavy atom. The van der Waals surface area contributed by atoms with Gasteiger partial charge in [0, 0.05) is 33.1 Å². The first-order valence-electron chi connectivity index (χ1n) is 12.9. The molecule has 3 aliphatic rings. The highest BCUT2D eigenvalue weighted by Gasteiger charge is 2.55. The van der Waals surface area contributed by atoms with Gasteiger partial charge in [0.2, 0.25) is 17.7 Å². The molecule has 0 aromatic carbocycles. The number of nitrogens with one attached hydrogen (secondary N) is 2. The van der Waals surface area contributed by atoms with Crippen molar-refractivity contribution in [2.45, 2.75) is 64.3 Å². The maximum absolute atomic E-state index is 13.3. The number of rotatable bonds is 8. The van der Waals surface area contributed by atoms with Crippen LogP contribution in [0.25, 0.3) is 0 Å². The zero-order valence-corrected chi connectivity index (χ0v) is 16.6. The molecule has 2 heterocycles. The minimum atomic E-state index is -5.11. The van der Waals surface area contributed by atoms with Crippen molar-refractivity contribution in [2.24, 2.45) is 17.3 Å². The fourth-order valence-corrected chi connectivity index (χ4v) is 4.17. The number of nitrogens with zero attached hydrogens (tertiary/aromatic N) is 1. The predicted molar refractivity (Wildman–Crippen MR) is 101 cm³/mol. The Morgan fingerprint density at radius 1 is 1.35 bits per heavy atom. The van der Waals surface area contributed by atoms with E-state index < -0.39 is 79.5 Å². The Kier molecular flexibility index (Phi) is 4.65. The van der Waals surface area contributed by atoms with Crippen LogP contribution in [0.4, 0.5) is 13.2 Å². The third-order valence-corrected chi connectivity index (χ3v) is 6.06. The van der Waals surface area contributed by atoms with Crippen LogP contribution in [0.15, 0.2) is 0 Å². The van der Waals surface area contributed by atoms with Gasteiger partial charge in [-0.15, -0.1) is 13.2 Å². The molecule has 0 unspecified atom stereocenters. The third-order valence-electron chi connectivity index (χ3n) is 6.06. The molecule has 1 aliphatic carbocycles. The number of likely N-dealkylation sites (tertiary alicyclic amines) is 1. The van der Waals surface area contributed by atoms with Gasteiger partial charge in [0.1, 0.15) is 12.6 Å². The Labute approximate surface area is 186 Å². The number of ketones is 1. The van der Waals surface area contributed by atoms with E-state index in [9.17, 15) is 32.3 Å². The molecule has 3 fully saturated rings. The largest absolute Gasteiger partial charge is 0.522 e. The number of hydrogen-bond acceptors (Lipinski definition) is 5. The molecule has 2 saturated heterocycles. The quantitative estimate of drug-likeness (QED) is 0.574. The van der Waals surface area contributed by atoms with E-state index in [4.69, 9.17) is 8.22 Å². The van der Waals surface area contributed by atoms with Crippen LogP contribution in [0.2, 0.25) is 0 Å². The molecule has 0 aromatic heterocycles. The number of amides is 3. The summed E-state index contributed by atoms with van der Waals surface area (Å²) < 4.78 is 86.5. The molecule has 174 valence electrons. The highest BCUT2D eigenvalue weighted by Crippen LogP contribution is 2.55. The zero-order chi connectivity index (χ0) is 28.0. The summed E-state index contributed by atoms with van der Waals surface area (Å²) in [5.41, 5.74) is -0.504. The normalized spacial score (nSPS) is 29.3. The molecule has 1 spiro atoms. The summed E-state index contributed by atoms with van der Waals surface area (Å²) in [6, 6.07) is -2.89. The lowest BCUT2D eigenvalue weighted by Gasteiger charge is -2.28. The molecule has 0 bridgehead atoms. The Hall–Kier alpha value is -2.17. The van der Waals surface area contributed by atoms with Crippen molar-refractivity contribution in [3.63, 3.8) is 0 Å². The standard InChI is InChI=1S/C20H28F3N3O5/c1-11(2)18(30)26-10-19(4-5-19)8-14(26)17(29)25-13(7-12-3-6-24-16(12)28)15(27)9-31-20(21,22)23/h11-14H,3-10H2,1-2H3,(H,24,28)(H,25,29)/t12-,13-,14-/m0/s1/i1D3,2D3. The first-order chi connectivity index (χ1) is 16.8. The van der Waals surface area contributed by atoms with Gasteiger partial charge in [0.05, 0.1) is 6.04 Å². The summed E-state index contributed by atoms with van der Waals surface area (Å²) in [6.45, 7) is -7.57. The van der Waals surface area contributed by atoms with Gasteiger partial charge in [0.15, 0.2) is 5.78 Å². The van der Waals surface area contributed by atoms with Crippen LogP contribution in [-0.4, -0.2) is 66.5 Å². The second kappa shape index (κ2) is 8.76. The van der Waals surface area contributed by atoms with E-state index in [1.165, 1.54) is 0 Å². The first-order valence-corrected chi connectivity index (χ1v) is 9.95. The Bertz CT molecular complexity index is 924. The molecule has 1 saturated carbocycles. The number of Topliss-reactive ketones (excluding diaryl/α,β-unsaturated/α-hetero) is 1. The molecule has 11 heteroatoms. The van der Waals surface area contributed by atoms with Crippen LogP contribution in [0.1, 0.15) is 54.0 Å². The average molecular weight is 453 g/mol. The van der Waals surface area contributed by atoms with E-state index in [-0.39, 0.29) is 32.4 Å². The van der Waals surface area contributed by atoms with E-state index in [1.54, 1.807) is 0 Å². The van der Waals surface area contributed by atoms with E-state index >= 15 is 0 Å². The number of carbonyl (C=O) groups excluding carboxylic acids is 4. The minimum Gasteiger partial charge on any atom is -0.356 e. The monoisotopic (exact) mass is 453 g/mol. The molecule has 3 atom stereocenters. The van der Waals surface area contributed by atoms with Crippen LogP contribution >= 0.6 is 0 Å². The maximum Gasteiger partial charge on any atom is 0.522 e. The summed E-state index contributed by atoms with van der Waals surface area (Å²) in [7, 11) is 0. The van der Waals surface area contributed by atoms with Gasteiger partial charge in [-0.3, -0.25) is 23.9 Å². The van der Waals surface area contributed by atoms with E-state index in [1.807, 2.05) is 0 Å². The summed E-state index contributed by atoms with van der Waals surface area (Å²) in [6.07, 6.45) is -3.84. The molecule has 2 N–H and O–H groups in total. The second-order valence-corrected chi connectivity index (χ2v) is 8.39. The van der Waals surface area contributed by atoms with E-state index in [2.05, 4.69) is 15.4 Å². The molecular formula is C20H28F3N3O5. The Morgan fingerprint density at radius 2 is 2.06 bits per heavy atom. The van der Waals surface area contributed by atoms with Crippen molar-refractivity contribution in [1.29, 1.82) is 0 Å². The number of hydrogen-bond donors (Lipinski definition) is 2. The molecule has 8 nitrogen and oxygen atoms in total. The molecule has 0 radical (unpaired) electrons. The van der Waals surface area contributed by atoms with Crippen LogP contribution < -0.4 is 10.6 Å². The summed E-state index contributed by atoms with van der Waals surface area (Å²) in [5.74, 6) is -6.93. The van der Waals surface area contributed by atoms with Gasteiger partial charge < -0.3 is 15.5 Å². The first kappa shape index (κ1) is 16.5. The number of alkyl halides is 3. The summed E-state index contributed by atoms with van der Waals surface area (Å²) in [5, 5.41) is 4.84. The van der Waals surface area contributed by atoms with Gasteiger partial charge in [-0.25, -0.2) is 0 Å². The maximum atomic E-state index is 13.3. The smallest absolute Gasteiger partial charge is 0.356 e. The summed E-state index contributed by atoms with van der Waals surface area (Å²) >= 11 is 0. The zero-order valence-electron chi connectivity index (χ0n) is 22.6. The van der Waals surface area contributed by atoms with Gasteiger partial charge >= 0.3 is 6.36 Å². The Balaban J connectivity index is 1.82.